The summed E-state index contributed by atoms with van der Waals surface area (Å²) < 4.78 is 0. The molecule has 5 aliphatic rings. The van der Waals surface area contributed by atoms with Gasteiger partial charge in [-0.1, -0.05) is 6.42 Å². The summed E-state index contributed by atoms with van der Waals surface area (Å²) in [6.07, 6.45) is 4.32. The molecule has 2 aliphatic heterocycles. The van der Waals surface area contributed by atoms with E-state index >= 15 is 0 Å². The van der Waals surface area contributed by atoms with Gasteiger partial charge in [-0.2, -0.15) is 0 Å². The van der Waals surface area contributed by atoms with Crippen LogP contribution in [0.1, 0.15) is 32.1 Å². The maximum Gasteiger partial charge on any atom is 0.126 e. The maximum absolute atomic E-state index is 10.6. The second kappa shape index (κ2) is 2.74. The van der Waals surface area contributed by atoms with E-state index in [4.69, 9.17) is 5.73 Å². The molecule has 3 fully saturated rings. The minimum absolute atomic E-state index is 0.104. The summed E-state index contributed by atoms with van der Waals surface area (Å²) in [5, 5.41) is 21.1. The van der Waals surface area contributed by atoms with Gasteiger partial charge in [0.05, 0.1) is 12.1 Å². The van der Waals surface area contributed by atoms with Gasteiger partial charge in [-0.25, -0.2) is 0 Å². The van der Waals surface area contributed by atoms with Gasteiger partial charge in [0.2, 0.25) is 0 Å². The summed E-state index contributed by atoms with van der Waals surface area (Å²) in [7, 11) is 0. The monoisotopic (exact) mass is 210 g/mol. The first-order valence-electron chi connectivity index (χ1n) is 5.80. The highest BCUT2D eigenvalue weighted by molar-refractivity contribution is 5.90. The number of nitrogens with two attached hydrogens (primary N) is 1. The number of hydrogen-bond acceptors (Lipinski definition) is 4. The van der Waals surface area contributed by atoms with E-state index in [1.807, 2.05) is 0 Å². The SMILES string of the molecule is NC1=NC[C@]2(O)C[C@H]3CCC[C@@H]2C[C@@]13O. The van der Waals surface area contributed by atoms with Crippen molar-refractivity contribution in [2.45, 2.75) is 43.3 Å². The number of hydrogen-bond donors (Lipinski definition) is 3. The van der Waals surface area contributed by atoms with Crippen LogP contribution in [-0.2, 0) is 0 Å². The van der Waals surface area contributed by atoms with Crippen LogP contribution < -0.4 is 5.73 Å². The summed E-state index contributed by atoms with van der Waals surface area (Å²) in [4.78, 5) is 4.17. The number of aliphatic hydroxyl groups is 2. The summed E-state index contributed by atoms with van der Waals surface area (Å²) in [6.45, 7) is 0.377. The summed E-state index contributed by atoms with van der Waals surface area (Å²) in [5.74, 6) is 0.631. The number of aliphatic imine (C=N–C) groups is 1. The molecule has 4 N–H and O–H groups in total. The van der Waals surface area contributed by atoms with Crippen LogP contribution in [0.5, 0.6) is 0 Å². The largest absolute Gasteiger partial charge is 0.388 e. The smallest absolute Gasteiger partial charge is 0.126 e. The van der Waals surface area contributed by atoms with Gasteiger partial charge < -0.3 is 15.9 Å². The molecule has 0 aromatic rings. The van der Waals surface area contributed by atoms with E-state index < -0.39 is 11.2 Å². The van der Waals surface area contributed by atoms with Crippen LogP contribution in [0.4, 0.5) is 0 Å². The molecule has 0 saturated heterocycles. The van der Waals surface area contributed by atoms with Crippen LogP contribution in [0, 0.1) is 11.8 Å². The lowest BCUT2D eigenvalue weighted by atomic mass is 9.65. The lowest BCUT2D eigenvalue weighted by Gasteiger charge is -2.45. The molecule has 4 bridgehead atoms. The number of rotatable bonds is 0. The zero-order chi connectivity index (χ0) is 10.7. The van der Waals surface area contributed by atoms with E-state index in [2.05, 4.69) is 4.99 Å². The third kappa shape index (κ3) is 1.12. The number of fused-ring (bicyclic) bond motifs is 3. The van der Waals surface area contributed by atoms with Crippen LogP contribution in [0.15, 0.2) is 4.99 Å². The van der Waals surface area contributed by atoms with Crippen LogP contribution in [-0.4, -0.2) is 33.8 Å². The van der Waals surface area contributed by atoms with Crippen molar-refractivity contribution >= 4 is 5.84 Å². The van der Waals surface area contributed by atoms with Crippen molar-refractivity contribution < 1.29 is 10.2 Å². The number of nitrogens with zero attached hydrogens (tertiary/aromatic N) is 1. The second-order valence-corrected chi connectivity index (χ2v) is 5.46. The first-order chi connectivity index (χ1) is 7.05. The molecule has 4 heteroatoms. The second-order valence-electron chi connectivity index (χ2n) is 5.46. The Bertz CT molecular complexity index is 331. The Morgan fingerprint density at radius 3 is 2.73 bits per heavy atom. The van der Waals surface area contributed by atoms with Gasteiger partial charge in [0.15, 0.2) is 0 Å². The molecule has 0 radical (unpaired) electrons. The van der Waals surface area contributed by atoms with Gasteiger partial charge in [0, 0.05) is 0 Å². The molecule has 15 heavy (non-hydrogen) atoms. The Hall–Kier alpha value is -0.610. The first kappa shape index (κ1) is 9.60. The van der Waals surface area contributed by atoms with Crippen molar-refractivity contribution in [1.29, 1.82) is 0 Å². The van der Waals surface area contributed by atoms with E-state index in [1.165, 1.54) is 0 Å². The van der Waals surface area contributed by atoms with Crippen molar-refractivity contribution in [3.8, 4) is 0 Å². The van der Waals surface area contributed by atoms with E-state index in [1.54, 1.807) is 0 Å². The van der Waals surface area contributed by atoms with Gasteiger partial charge in [-0.15, -0.1) is 0 Å². The summed E-state index contributed by atoms with van der Waals surface area (Å²) in [6, 6.07) is 0. The highest BCUT2D eigenvalue weighted by Crippen LogP contribution is 2.52. The van der Waals surface area contributed by atoms with Crippen molar-refractivity contribution in [3.05, 3.63) is 0 Å². The molecule has 0 unspecified atom stereocenters. The fourth-order valence-corrected chi connectivity index (χ4v) is 3.68. The highest BCUT2D eigenvalue weighted by atomic mass is 16.3. The molecule has 4 atom stereocenters. The number of amidine groups is 1. The zero-order valence-corrected chi connectivity index (χ0v) is 8.82. The molecule has 5 rings (SSSR count). The Balaban J connectivity index is 2.12. The average Bonchev–Trinajstić information content (AvgIpc) is 2.51. The quantitative estimate of drug-likeness (QED) is 0.528. The van der Waals surface area contributed by atoms with Crippen molar-refractivity contribution in [2.75, 3.05) is 6.54 Å². The average molecular weight is 210 g/mol. The maximum atomic E-state index is 10.6. The fraction of sp³-hybridized carbons (Fsp3) is 0.909. The van der Waals surface area contributed by atoms with Crippen LogP contribution in [0.25, 0.3) is 0 Å². The first-order valence-corrected chi connectivity index (χ1v) is 5.80. The van der Waals surface area contributed by atoms with Gasteiger partial charge in [-0.3, -0.25) is 4.99 Å². The van der Waals surface area contributed by atoms with E-state index in [0.717, 1.165) is 19.3 Å². The summed E-state index contributed by atoms with van der Waals surface area (Å²) >= 11 is 0. The molecule has 0 aromatic carbocycles. The van der Waals surface area contributed by atoms with E-state index in [9.17, 15) is 10.2 Å². The third-order valence-electron chi connectivity index (χ3n) is 4.66. The molecule has 3 aliphatic carbocycles. The molecule has 0 aromatic heterocycles. The zero-order valence-electron chi connectivity index (χ0n) is 8.82. The normalized spacial score (nSPS) is 53.6. The van der Waals surface area contributed by atoms with Gasteiger partial charge >= 0.3 is 0 Å². The van der Waals surface area contributed by atoms with E-state index in [0.29, 0.717) is 25.2 Å². The topological polar surface area (TPSA) is 78.8 Å². The molecule has 0 spiro atoms. The van der Waals surface area contributed by atoms with Gasteiger partial charge in [-0.05, 0) is 37.5 Å². The lowest BCUT2D eigenvalue weighted by molar-refractivity contribution is -0.106. The Labute approximate surface area is 89.2 Å². The predicted octanol–water partition coefficient (Wildman–Crippen LogP) is 0.0295. The van der Waals surface area contributed by atoms with Crippen LogP contribution in [0.2, 0.25) is 0 Å². The fourth-order valence-electron chi connectivity index (χ4n) is 3.68. The minimum atomic E-state index is -0.927. The van der Waals surface area contributed by atoms with Crippen LogP contribution >= 0.6 is 0 Å². The highest BCUT2D eigenvalue weighted by Gasteiger charge is 2.58. The molecule has 2 heterocycles. The third-order valence-corrected chi connectivity index (χ3v) is 4.66. The molecule has 4 nitrogen and oxygen atoms in total. The van der Waals surface area contributed by atoms with Gasteiger partial charge in [0.1, 0.15) is 11.4 Å². The molecular weight excluding hydrogens is 192 g/mol. The molecule has 84 valence electrons. The Morgan fingerprint density at radius 1 is 1.20 bits per heavy atom. The molecular formula is C11H18N2O2. The van der Waals surface area contributed by atoms with E-state index in [-0.39, 0.29) is 11.8 Å². The van der Waals surface area contributed by atoms with Gasteiger partial charge in [0.25, 0.3) is 0 Å². The Morgan fingerprint density at radius 2 is 1.93 bits per heavy atom. The summed E-state index contributed by atoms with van der Waals surface area (Å²) in [5.41, 5.74) is 4.23. The molecule has 0 amide bonds. The van der Waals surface area contributed by atoms with Crippen molar-refractivity contribution in [3.63, 3.8) is 0 Å². The van der Waals surface area contributed by atoms with Crippen LogP contribution in [0.3, 0.4) is 0 Å². The Kier molecular flexibility index (Phi) is 1.75. The molecule has 3 saturated carbocycles. The standard InChI is InChI=1S/C11H18N2O2/c12-9-11(15)5-7-2-1-3-8(11)4-10(7,14)6-13-9/h7-8,14-15H,1-6H2,(H2,12,13)/t7-,8-,10-,11+/m1/s1. The predicted molar refractivity (Wildman–Crippen MR) is 56.5 cm³/mol. The van der Waals surface area contributed by atoms with Crippen molar-refractivity contribution in [2.24, 2.45) is 22.6 Å². The van der Waals surface area contributed by atoms with Crippen molar-refractivity contribution in [1.82, 2.24) is 0 Å². The minimum Gasteiger partial charge on any atom is -0.388 e. The lowest BCUT2D eigenvalue weighted by Crippen LogP contribution is -2.57.